The number of hydrogen-bond donors (Lipinski definition) is 1. The van der Waals surface area contributed by atoms with Crippen molar-refractivity contribution in [2.24, 2.45) is 0 Å². The third-order valence-corrected chi connectivity index (χ3v) is 5.18. The van der Waals surface area contributed by atoms with E-state index in [1.807, 2.05) is 6.07 Å². The number of rotatable bonds is 4. The number of carbonyl (C=O) groups excluding carboxylic acids is 1. The molecule has 7 heteroatoms. The quantitative estimate of drug-likeness (QED) is 0.793. The first-order chi connectivity index (χ1) is 11.7. The minimum atomic E-state index is -0.269. The van der Waals surface area contributed by atoms with E-state index in [0.717, 1.165) is 41.5 Å². The molecule has 4 rings (SSSR count). The van der Waals surface area contributed by atoms with Crippen molar-refractivity contribution in [1.82, 2.24) is 20.1 Å². The van der Waals surface area contributed by atoms with Crippen LogP contribution in [0.25, 0.3) is 10.4 Å². The van der Waals surface area contributed by atoms with Crippen LogP contribution in [-0.4, -0.2) is 20.7 Å². The molecule has 3 aromatic rings. The molecule has 0 saturated carbocycles. The summed E-state index contributed by atoms with van der Waals surface area (Å²) in [6, 6.07) is 9.92. The Morgan fingerprint density at radius 1 is 1.21 bits per heavy atom. The fraction of sp³-hybridized carbons (Fsp3) is 0.235. The number of thiophene rings is 1. The molecule has 0 aliphatic carbocycles. The Morgan fingerprint density at radius 2 is 2.04 bits per heavy atom. The third-order valence-electron chi connectivity index (χ3n) is 4.05. The van der Waals surface area contributed by atoms with Gasteiger partial charge in [0.05, 0.1) is 11.4 Å². The number of nitrogens with one attached hydrogen (secondary N) is 1. The molecule has 0 bridgehead atoms. The van der Waals surface area contributed by atoms with Gasteiger partial charge in [-0.15, -0.1) is 21.5 Å². The van der Waals surface area contributed by atoms with Gasteiger partial charge in [0.15, 0.2) is 5.82 Å². The highest BCUT2D eigenvalue weighted by Gasteiger charge is 2.18. The molecule has 0 radical (unpaired) electrons. The number of amides is 1. The van der Waals surface area contributed by atoms with Gasteiger partial charge < -0.3 is 9.88 Å². The van der Waals surface area contributed by atoms with Gasteiger partial charge in [-0.3, -0.25) is 4.79 Å². The van der Waals surface area contributed by atoms with Crippen LogP contribution in [0, 0.1) is 5.82 Å². The Morgan fingerprint density at radius 3 is 2.88 bits per heavy atom. The highest BCUT2D eigenvalue weighted by atomic mass is 32.1. The van der Waals surface area contributed by atoms with Crippen LogP contribution in [0.1, 0.15) is 27.7 Å². The van der Waals surface area contributed by atoms with E-state index in [-0.39, 0.29) is 11.7 Å². The molecule has 1 amide bonds. The summed E-state index contributed by atoms with van der Waals surface area (Å²) in [7, 11) is 0. The Hall–Kier alpha value is -2.54. The lowest BCUT2D eigenvalue weighted by Gasteiger charge is -2.04. The van der Waals surface area contributed by atoms with Crippen LogP contribution in [-0.2, 0) is 19.5 Å². The highest BCUT2D eigenvalue weighted by Crippen LogP contribution is 2.28. The molecule has 1 N–H and O–H groups in total. The van der Waals surface area contributed by atoms with E-state index in [1.165, 1.54) is 23.5 Å². The van der Waals surface area contributed by atoms with E-state index < -0.39 is 0 Å². The van der Waals surface area contributed by atoms with Gasteiger partial charge in [0.1, 0.15) is 11.6 Å². The Labute approximate surface area is 142 Å². The molecule has 24 heavy (non-hydrogen) atoms. The van der Waals surface area contributed by atoms with Gasteiger partial charge >= 0.3 is 0 Å². The summed E-state index contributed by atoms with van der Waals surface area (Å²) in [6.07, 6.45) is 2.03. The van der Waals surface area contributed by atoms with Gasteiger partial charge in [0, 0.05) is 17.8 Å². The molecule has 1 aromatic carbocycles. The number of hydrogen-bond acceptors (Lipinski definition) is 4. The molecule has 2 aromatic heterocycles. The topological polar surface area (TPSA) is 59.8 Å². The smallest absolute Gasteiger partial charge is 0.261 e. The van der Waals surface area contributed by atoms with E-state index in [4.69, 9.17) is 0 Å². The lowest BCUT2D eigenvalue weighted by Crippen LogP contribution is -2.23. The van der Waals surface area contributed by atoms with Crippen molar-refractivity contribution < 1.29 is 9.18 Å². The summed E-state index contributed by atoms with van der Waals surface area (Å²) >= 11 is 1.39. The van der Waals surface area contributed by atoms with E-state index in [1.54, 1.807) is 18.2 Å². The maximum Gasteiger partial charge on any atom is 0.261 e. The number of aromatic nitrogens is 3. The average Bonchev–Trinajstić information content (AvgIpc) is 3.30. The van der Waals surface area contributed by atoms with Gasteiger partial charge in [-0.2, -0.15) is 0 Å². The first-order valence-electron chi connectivity index (χ1n) is 7.75. The van der Waals surface area contributed by atoms with Crippen molar-refractivity contribution in [3.63, 3.8) is 0 Å². The number of benzene rings is 1. The molecule has 5 nitrogen and oxygen atoms in total. The third kappa shape index (κ3) is 2.82. The number of nitrogens with zero attached hydrogens (tertiary/aromatic N) is 3. The fourth-order valence-corrected chi connectivity index (χ4v) is 3.75. The van der Waals surface area contributed by atoms with E-state index in [0.29, 0.717) is 11.4 Å². The van der Waals surface area contributed by atoms with Crippen LogP contribution < -0.4 is 5.32 Å². The lowest BCUT2D eigenvalue weighted by molar-refractivity contribution is 0.0953. The maximum absolute atomic E-state index is 13.0. The molecular weight excluding hydrogens is 327 g/mol. The Bertz CT molecular complexity index is 884. The van der Waals surface area contributed by atoms with Crippen molar-refractivity contribution in [3.05, 3.63) is 58.7 Å². The molecule has 1 aliphatic rings. The summed E-state index contributed by atoms with van der Waals surface area (Å²) in [4.78, 5) is 13.9. The summed E-state index contributed by atoms with van der Waals surface area (Å²) < 4.78 is 15.1. The van der Waals surface area contributed by atoms with Crippen LogP contribution in [0.15, 0.2) is 36.4 Å². The van der Waals surface area contributed by atoms with Crippen LogP contribution in [0.3, 0.4) is 0 Å². The minimum absolute atomic E-state index is 0.135. The molecule has 0 spiro atoms. The highest BCUT2D eigenvalue weighted by molar-refractivity contribution is 7.17. The minimum Gasteiger partial charge on any atom is -0.344 e. The SMILES string of the molecule is O=C(NCc1nnc2n1CCC2)c1ccc(-c2ccc(F)cc2)s1. The second-order valence-electron chi connectivity index (χ2n) is 5.64. The number of aryl methyl sites for hydroxylation is 1. The molecule has 0 fully saturated rings. The first-order valence-corrected chi connectivity index (χ1v) is 8.57. The molecular formula is C17H15FN4OS. The zero-order valence-corrected chi connectivity index (χ0v) is 13.6. The van der Waals surface area contributed by atoms with Gasteiger partial charge in [0.25, 0.3) is 5.91 Å². The van der Waals surface area contributed by atoms with Crippen molar-refractivity contribution >= 4 is 17.2 Å². The summed E-state index contributed by atoms with van der Waals surface area (Å²) in [5, 5.41) is 11.2. The normalized spacial score (nSPS) is 13.0. The molecule has 0 saturated heterocycles. The molecule has 0 atom stereocenters. The number of carbonyl (C=O) groups is 1. The van der Waals surface area contributed by atoms with E-state index in [9.17, 15) is 9.18 Å². The number of fused-ring (bicyclic) bond motifs is 1. The monoisotopic (exact) mass is 342 g/mol. The zero-order valence-electron chi connectivity index (χ0n) is 12.8. The van der Waals surface area contributed by atoms with Gasteiger partial charge in [-0.1, -0.05) is 12.1 Å². The van der Waals surface area contributed by atoms with Crippen molar-refractivity contribution in [2.75, 3.05) is 0 Å². The van der Waals surface area contributed by atoms with Crippen LogP contribution in [0.4, 0.5) is 4.39 Å². The summed E-state index contributed by atoms with van der Waals surface area (Å²) in [5.41, 5.74) is 0.899. The molecule has 3 heterocycles. The summed E-state index contributed by atoms with van der Waals surface area (Å²) in [6.45, 7) is 1.29. The van der Waals surface area contributed by atoms with E-state index >= 15 is 0 Å². The van der Waals surface area contributed by atoms with Crippen LogP contribution in [0.2, 0.25) is 0 Å². The molecule has 122 valence electrons. The Balaban J connectivity index is 1.44. The van der Waals surface area contributed by atoms with Crippen molar-refractivity contribution in [3.8, 4) is 10.4 Å². The maximum atomic E-state index is 13.0. The zero-order chi connectivity index (χ0) is 16.5. The van der Waals surface area contributed by atoms with Gasteiger partial charge in [0.2, 0.25) is 0 Å². The van der Waals surface area contributed by atoms with Gasteiger partial charge in [-0.25, -0.2) is 4.39 Å². The summed E-state index contributed by atoms with van der Waals surface area (Å²) in [5.74, 6) is 1.39. The van der Waals surface area contributed by atoms with Crippen molar-refractivity contribution in [2.45, 2.75) is 25.9 Å². The second kappa shape index (κ2) is 6.16. The molecule has 1 aliphatic heterocycles. The van der Waals surface area contributed by atoms with Gasteiger partial charge in [-0.05, 0) is 36.2 Å². The fourth-order valence-electron chi connectivity index (χ4n) is 2.82. The molecule has 0 unspecified atom stereocenters. The van der Waals surface area contributed by atoms with Crippen LogP contribution >= 0.6 is 11.3 Å². The first kappa shape index (κ1) is 15.0. The van der Waals surface area contributed by atoms with Crippen molar-refractivity contribution in [1.29, 1.82) is 0 Å². The van der Waals surface area contributed by atoms with E-state index in [2.05, 4.69) is 20.1 Å². The average molecular weight is 342 g/mol. The largest absolute Gasteiger partial charge is 0.344 e. The number of halogens is 1. The standard InChI is InChI=1S/C17H15FN4OS/c18-12-5-3-11(4-6-12)13-7-8-14(24-13)17(23)19-10-16-21-20-15-2-1-9-22(15)16/h3-8H,1-2,9-10H2,(H,19,23). The second-order valence-corrected chi connectivity index (χ2v) is 6.72. The lowest BCUT2D eigenvalue weighted by atomic mass is 10.2. The Kier molecular flexibility index (Phi) is 3.86. The van der Waals surface area contributed by atoms with Crippen LogP contribution in [0.5, 0.6) is 0 Å². The predicted octanol–water partition coefficient (Wildman–Crippen LogP) is 3.02. The predicted molar refractivity (Wildman–Crippen MR) is 89.2 cm³/mol.